The highest BCUT2D eigenvalue weighted by molar-refractivity contribution is 5.84. The van der Waals surface area contributed by atoms with Gasteiger partial charge < -0.3 is 9.47 Å². The highest BCUT2D eigenvalue weighted by Gasteiger charge is 2.34. The average molecular weight is 238 g/mol. The molecule has 1 saturated carbocycles. The van der Waals surface area contributed by atoms with Gasteiger partial charge in [0, 0.05) is 6.08 Å². The lowest BCUT2D eigenvalue weighted by Gasteiger charge is -2.37. The Kier molecular flexibility index (Phi) is 3.87. The number of esters is 1. The zero-order valence-electron chi connectivity index (χ0n) is 10.9. The molecule has 0 spiro atoms. The summed E-state index contributed by atoms with van der Waals surface area (Å²) in [5.41, 5.74) is 0. The van der Waals surface area contributed by atoms with Gasteiger partial charge in [0.05, 0.1) is 6.10 Å². The van der Waals surface area contributed by atoms with Gasteiger partial charge in [0.2, 0.25) is 6.29 Å². The normalized spacial score (nSPS) is 37.5. The predicted octanol–water partition coefficient (Wildman–Crippen LogP) is 2.90. The Bertz CT molecular complexity index is 309. The highest BCUT2D eigenvalue weighted by atomic mass is 16.7. The number of hydrogen-bond donors (Lipinski definition) is 0. The topological polar surface area (TPSA) is 35.5 Å². The van der Waals surface area contributed by atoms with E-state index in [1.807, 2.05) is 0 Å². The van der Waals surface area contributed by atoms with Crippen LogP contribution in [0.15, 0.2) is 12.2 Å². The van der Waals surface area contributed by atoms with Crippen molar-refractivity contribution < 1.29 is 14.3 Å². The van der Waals surface area contributed by atoms with Gasteiger partial charge in [-0.25, -0.2) is 4.79 Å². The minimum atomic E-state index is -0.459. The molecule has 1 fully saturated rings. The Morgan fingerprint density at radius 1 is 1.41 bits per heavy atom. The predicted molar refractivity (Wildman–Crippen MR) is 65.2 cm³/mol. The summed E-state index contributed by atoms with van der Waals surface area (Å²) in [7, 11) is 0. The van der Waals surface area contributed by atoms with Crippen LogP contribution in [0.5, 0.6) is 0 Å². The van der Waals surface area contributed by atoms with Gasteiger partial charge >= 0.3 is 5.97 Å². The molecule has 4 atom stereocenters. The molecule has 0 aromatic rings. The van der Waals surface area contributed by atoms with Crippen LogP contribution < -0.4 is 0 Å². The number of ether oxygens (including phenoxy) is 2. The molecule has 2 rings (SSSR count). The van der Waals surface area contributed by atoms with Crippen LogP contribution >= 0.6 is 0 Å². The molecule has 0 amide bonds. The SMILES string of the molecule is CC(C)[C@H]1CC[C@@H](C)C[C@@H]1O[C@@H]1C=CC(=O)O1. The first-order valence-electron chi connectivity index (χ1n) is 6.60. The maximum Gasteiger partial charge on any atom is 0.333 e. The highest BCUT2D eigenvalue weighted by Crippen LogP contribution is 2.36. The minimum absolute atomic E-state index is 0.222. The van der Waals surface area contributed by atoms with E-state index < -0.39 is 6.29 Å². The second-order valence-corrected chi connectivity index (χ2v) is 5.67. The van der Waals surface area contributed by atoms with Gasteiger partial charge in [0.1, 0.15) is 0 Å². The van der Waals surface area contributed by atoms with Crippen molar-refractivity contribution in [3.63, 3.8) is 0 Å². The van der Waals surface area contributed by atoms with Gasteiger partial charge in [0.15, 0.2) is 0 Å². The van der Waals surface area contributed by atoms with Gasteiger partial charge in [-0.05, 0) is 36.7 Å². The molecule has 2 aliphatic rings. The van der Waals surface area contributed by atoms with Crippen molar-refractivity contribution in [2.45, 2.75) is 52.4 Å². The summed E-state index contributed by atoms with van der Waals surface area (Å²) in [5, 5.41) is 0. The Morgan fingerprint density at radius 2 is 2.18 bits per heavy atom. The summed E-state index contributed by atoms with van der Waals surface area (Å²) < 4.78 is 11.0. The quantitative estimate of drug-likeness (QED) is 0.709. The molecule has 1 heterocycles. The molecular formula is C14H22O3. The second-order valence-electron chi connectivity index (χ2n) is 5.67. The van der Waals surface area contributed by atoms with Crippen LogP contribution in [-0.4, -0.2) is 18.4 Å². The minimum Gasteiger partial charge on any atom is -0.429 e. The van der Waals surface area contributed by atoms with Crippen molar-refractivity contribution >= 4 is 5.97 Å². The molecule has 3 nitrogen and oxygen atoms in total. The molecule has 0 aromatic heterocycles. The van der Waals surface area contributed by atoms with Crippen LogP contribution in [0.4, 0.5) is 0 Å². The van der Waals surface area contributed by atoms with Gasteiger partial charge in [0.25, 0.3) is 0 Å². The van der Waals surface area contributed by atoms with E-state index in [1.165, 1.54) is 18.9 Å². The standard InChI is InChI=1S/C14H22O3/c1-9(2)11-5-4-10(3)8-12(11)16-14-7-6-13(15)17-14/h6-7,9-12,14H,4-5,8H2,1-3H3/t10-,11-,12+,14+/m1/s1. The molecule has 1 aliphatic heterocycles. The van der Waals surface area contributed by atoms with Crippen molar-refractivity contribution in [2.75, 3.05) is 0 Å². The lowest BCUT2D eigenvalue weighted by molar-refractivity contribution is -0.178. The lowest BCUT2D eigenvalue weighted by Crippen LogP contribution is -2.36. The van der Waals surface area contributed by atoms with E-state index in [4.69, 9.17) is 9.47 Å². The van der Waals surface area contributed by atoms with E-state index >= 15 is 0 Å². The number of hydrogen-bond acceptors (Lipinski definition) is 3. The number of carbonyl (C=O) groups is 1. The van der Waals surface area contributed by atoms with Crippen LogP contribution in [0.2, 0.25) is 0 Å². The van der Waals surface area contributed by atoms with Crippen molar-refractivity contribution in [3.05, 3.63) is 12.2 Å². The van der Waals surface area contributed by atoms with Gasteiger partial charge in [-0.1, -0.05) is 27.2 Å². The molecule has 17 heavy (non-hydrogen) atoms. The first-order valence-corrected chi connectivity index (χ1v) is 6.60. The molecule has 0 radical (unpaired) electrons. The summed E-state index contributed by atoms with van der Waals surface area (Å²) in [4.78, 5) is 11.0. The summed E-state index contributed by atoms with van der Waals surface area (Å²) in [6.07, 6.45) is 6.49. The van der Waals surface area contributed by atoms with E-state index in [9.17, 15) is 4.79 Å². The Labute approximate surface area is 103 Å². The first kappa shape index (κ1) is 12.6. The molecule has 0 N–H and O–H groups in total. The third-order valence-electron chi connectivity index (χ3n) is 3.89. The van der Waals surface area contributed by atoms with Gasteiger partial charge in [-0.3, -0.25) is 0 Å². The summed E-state index contributed by atoms with van der Waals surface area (Å²) in [6.45, 7) is 6.75. The fraction of sp³-hybridized carbons (Fsp3) is 0.786. The summed E-state index contributed by atoms with van der Waals surface area (Å²) in [6, 6.07) is 0. The Hall–Kier alpha value is -0.830. The Balaban J connectivity index is 1.95. The number of rotatable bonds is 3. The maximum absolute atomic E-state index is 11.0. The Morgan fingerprint density at radius 3 is 2.76 bits per heavy atom. The van der Waals surface area contributed by atoms with Crippen LogP contribution in [0.3, 0.4) is 0 Å². The van der Waals surface area contributed by atoms with Crippen molar-refractivity contribution in [2.24, 2.45) is 17.8 Å². The third kappa shape index (κ3) is 3.09. The molecule has 0 aromatic carbocycles. The van der Waals surface area contributed by atoms with Crippen LogP contribution in [0.1, 0.15) is 40.0 Å². The van der Waals surface area contributed by atoms with Crippen molar-refractivity contribution in [1.29, 1.82) is 0 Å². The maximum atomic E-state index is 11.0. The zero-order valence-corrected chi connectivity index (χ0v) is 10.9. The van der Waals surface area contributed by atoms with Crippen molar-refractivity contribution in [3.8, 4) is 0 Å². The van der Waals surface area contributed by atoms with Crippen molar-refractivity contribution in [1.82, 2.24) is 0 Å². The molecule has 0 unspecified atom stereocenters. The van der Waals surface area contributed by atoms with E-state index in [1.54, 1.807) is 6.08 Å². The average Bonchev–Trinajstić information content (AvgIpc) is 2.63. The number of carbonyl (C=O) groups excluding carboxylic acids is 1. The molecule has 3 heteroatoms. The monoisotopic (exact) mass is 238 g/mol. The fourth-order valence-electron chi connectivity index (χ4n) is 2.87. The smallest absolute Gasteiger partial charge is 0.333 e. The molecule has 1 aliphatic carbocycles. The van der Waals surface area contributed by atoms with Crippen LogP contribution in [-0.2, 0) is 14.3 Å². The molecule has 0 saturated heterocycles. The van der Waals surface area contributed by atoms with E-state index in [0.717, 1.165) is 6.42 Å². The van der Waals surface area contributed by atoms with E-state index in [-0.39, 0.29) is 12.1 Å². The van der Waals surface area contributed by atoms with Gasteiger partial charge in [-0.2, -0.15) is 0 Å². The van der Waals surface area contributed by atoms with E-state index in [0.29, 0.717) is 17.8 Å². The largest absolute Gasteiger partial charge is 0.429 e. The van der Waals surface area contributed by atoms with E-state index in [2.05, 4.69) is 20.8 Å². The first-order chi connectivity index (χ1) is 8.06. The third-order valence-corrected chi connectivity index (χ3v) is 3.89. The van der Waals surface area contributed by atoms with Gasteiger partial charge in [-0.15, -0.1) is 0 Å². The molecule has 0 bridgehead atoms. The summed E-state index contributed by atoms with van der Waals surface area (Å²) >= 11 is 0. The zero-order chi connectivity index (χ0) is 12.4. The number of cyclic esters (lactones) is 1. The fourth-order valence-corrected chi connectivity index (χ4v) is 2.87. The second kappa shape index (κ2) is 5.21. The summed E-state index contributed by atoms with van der Waals surface area (Å²) in [5.74, 6) is 1.61. The molecule has 96 valence electrons. The lowest BCUT2D eigenvalue weighted by atomic mass is 9.75. The van der Waals surface area contributed by atoms with Crippen LogP contribution in [0, 0.1) is 17.8 Å². The van der Waals surface area contributed by atoms with Crippen LogP contribution in [0.25, 0.3) is 0 Å². The molecular weight excluding hydrogens is 216 g/mol.